The number of aromatic nitrogens is 1. The van der Waals surface area contributed by atoms with Crippen molar-refractivity contribution < 1.29 is 13.5 Å². The van der Waals surface area contributed by atoms with E-state index in [-0.39, 0.29) is 12.2 Å². The van der Waals surface area contributed by atoms with Gasteiger partial charge in [-0.25, -0.2) is 8.78 Å². The predicted molar refractivity (Wildman–Crippen MR) is 69.9 cm³/mol. The van der Waals surface area contributed by atoms with Crippen LogP contribution < -0.4 is 10.9 Å². The minimum atomic E-state index is -2.46. The summed E-state index contributed by atoms with van der Waals surface area (Å²) < 4.78 is 28.4. The molecule has 4 nitrogen and oxygen atoms in total. The van der Waals surface area contributed by atoms with Crippen LogP contribution in [0.4, 0.5) is 14.6 Å². The first-order valence-corrected chi connectivity index (χ1v) is 5.88. The van der Waals surface area contributed by atoms with Gasteiger partial charge in [0.15, 0.2) is 0 Å². The Balaban J connectivity index is 1.96. The molecule has 0 radical (unpaired) electrons. The number of H-pyrrole nitrogens is 1. The average molecular weight is 268 g/mol. The molecule has 1 heterocycles. The molecule has 0 fully saturated rings. The Morgan fingerprint density at radius 3 is 2.89 bits per heavy atom. The van der Waals surface area contributed by atoms with E-state index in [4.69, 9.17) is 4.74 Å². The zero-order valence-electron chi connectivity index (χ0n) is 10.2. The number of hydrogen-bond acceptors (Lipinski definition) is 3. The molecule has 0 bridgehead atoms. The van der Waals surface area contributed by atoms with Crippen LogP contribution in [0.25, 0.3) is 10.8 Å². The van der Waals surface area contributed by atoms with E-state index in [2.05, 4.69) is 10.3 Å². The van der Waals surface area contributed by atoms with Crippen molar-refractivity contribution in [3.8, 4) is 0 Å². The Labute approximate surface area is 108 Å². The zero-order chi connectivity index (χ0) is 13.7. The lowest BCUT2D eigenvalue weighted by atomic mass is 10.2. The largest absolute Gasteiger partial charge is 0.374 e. The third-order valence-corrected chi connectivity index (χ3v) is 2.56. The molecular weight excluding hydrogens is 254 g/mol. The maximum Gasteiger partial charge on any atom is 0.261 e. The summed E-state index contributed by atoms with van der Waals surface area (Å²) in [6.45, 7) is -0.0733. The van der Waals surface area contributed by atoms with Crippen LogP contribution in [0.3, 0.4) is 0 Å². The molecule has 0 unspecified atom stereocenters. The van der Waals surface area contributed by atoms with Gasteiger partial charge in [-0.15, -0.1) is 0 Å². The lowest BCUT2D eigenvalue weighted by Crippen LogP contribution is -2.16. The average Bonchev–Trinajstić information content (AvgIpc) is 2.38. The molecule has 2 rings (SSSR count). The fraction of sp³-hybridized carbons (Fsp3) is 0.308. The predicted octanol–water partition coefficient (Wildman–Crippen LogP) is 2.22. The number of hydrogen-bond donors (Lipinski definition) is 2. The van der Waals surface area contributed by atoms with E-state index in [1.807, 2.05) is 12.1 Å². The molecule has 19 heavy (non-hydrogen) atoms. The fourth-order valence-corrected chi connectivity index (χ4v) is 1.74. The van der Waals surface area contributed by atoms with Crippen molar-refractivity contribution in [2.45, 2.75) is 6.43 Å². The van der Waals surface area contributed by atoms with Crippen LogP contribution in [0.1, 0.15) is 0 Å². The van der Waals surface area contributed by atoms with Crippen LogP contribution >= 0.6 is 0 Å². The van der Waals surface area contributed by atoms with Crippen LogP contribution in [-0.4, -0.2) is 31.2 Å². The Hall–Kier alpha value is -1.95. The van der Waals surface area contributed by atoms with Gasteiger partial charge < -0.3 is 15.0 Å². The third-order valence-electron chi connectivity index (χ3n) is 2.56. The molecule has 0 spiro atoms. The van der Waals surface area contributed by atoms with Crippen molar-refractivity contribution in [1.29, 1.82) is 0 Å². The second-order valence-corrected chi connectivity index (χ2v) is 3.99. The van der Waals surface area contributed by atoms with Crippen LogP contribution in [0, 0.1) is 0 Å². The summed E-state index contributed by atoms with van der Waals surface area (Å²) in [6.07, 6.45) is -2.46. The van der Waals surface area contributed by atoms with E-state index in [1.165, 1.54) is 0 Å². The lowest BCUT2D eigenvalue weighted by molar-refractivity contribution is 0.0215. The van der Waals surface area contributed by atoms with E-state index in [0.29, 0.717) is 17.7 Å². The number of ether oxygens (including phenoxy) is 1. The van der Waals surface area contributed by atoms with Gasteiger partial charge >= 0.3 is 0 Å². The van der Waals surface area contributed by atoms with E-state index in [1.54, 1.807) is 18.2 Å². The molecule has 0 aliphatic carbocycles. The number of fused-ring (bicyclic) bond motifs is 1. The highest BCUT2D eigenvalue weighted by Gasteiger charge is 2.02. The Bertz CT molecular complexity index is 598. The van der Waals surface area contributed by atoms with E-state index in [0.717, 1.165) is 5.39 Å². The summed E-state index contributed by atoms with van der Waals surface area (Å²) in [6, 6.07) is 9.01. The number of rotatable bonds is 6. The SMILES string of the molecule is O=c1[nH]c(NCCOCC(F)F)cc2ccccc12. The molecule has 2 aromatic rings. The van der Waals surface area contributed by atoms with Gasteiger partial charge in [-0.3, -0.25) is 4.79 Å². The topological polar surface area (TPSA) is 54.1 Å². The normalized spacial score (nSPS) is 11.1. The summed E-state index contributed by atoms with van der Waals surface area (Å²) in [7, 11) is 0. The van der Waals surface area contributed by atoms with Gasteiger partial charge in [0.05, 0.1) is 6.61 Å². The Morgan fingerprint density at radius 1 is 1.32 bits per heavy atom. The molecule has 0 atom stereocenters. The summed E-state index contributed by atoms with van der Waals surface area (Å²) in [4.78, 5) is 14.4. The van der Waals surface area contributed by atoms with Crippen molar-refractivity contribution in [3.05, 3.63) is 40.7 Å². The molecule has 0 aliphatic rings. The Morgan fingerprint density at radius 2 is 2.11 bits per heavy atom. The van der Waals surface area contributed by atoms with E-state index in [9.17, 15) is 13.6 Å². The van der Waals surface area contributed by atoms with Crippen molar-refractivity contribution in [3.63, 3.8) is 0 Å². The van der Waals surface area contributed by atoms with Gasteiger partial charge in [0.25, 0.3) is 12.0 Å². The van der Waals surface area contributed by atoms with Crippen LogP contribution in [0.2, 0.25) is 0 Å². The molecule has 0 saturated carbocycles. The number of nitrogens with one attached hydrogen (secondary N) is 2. The smallest absolute Gasteiger partial charge is 0.261 e. The van der Waals surface area contributed by atoms with Gasteiger partial charge in [-0.2, -0.15) is 0 Å². The maximum absolute atomic E-state index is 11.8. The van der Waals surface area contributed by atoms with Crippen LogP contribution in [-0.2, 0) is 4.74 Å². The molecule has 2 N–H and O–H groups in total. The second-order valence-electron chi connectivity index (χ2n) is 3.99. The van der Waals surface area contributed by atoms with Crippen molar-refractivity contribution in [2.75, 3.05) is 25.1 Å². The molecule has 6 heteroatoms. The molecule has 102 valence electrons. The van der Waals surface area contributed by atoms with Gasteiger partial charge in [0.2, 0.25) is 0 Å². The minimum absolute atomic E-state index is 0.152. The number of anilines is 1. The van der Waals surface area contributed by atoms with Crippen molar-refractivity contribution >= 4 is 16.6 Å². The highest BCUT2D eigenvalue weighted by atomic mass is 19.3. The summed E-state index contributed by atoms with van der Waals surface area (Å²) in [5.41, 5.74) is -0.186. The fourth-order valence-electron chi connectivity index (χ4n) is 1.74. The van der Waals surface area contributed by atoms with Crippen LogP contribution in [0.5, 0.6) is 0 Å². The van der Waals surface area contributed by atoms with Gasteiger partial charge in [-0.1, -0.05) is 18.2 Å². The zero-order valence-corrected chi connectivity index (χ0v) is 10.2. The highest BCUT2D eigenvalue weighted by Crippen LogP contribution is 2.12. The van der Waals surface area contributed by atoms with E-state index < -0.39 is 13.0 Å². The molecule has 0 amide bonds. The number of aromatic amines is 1. The minimum Gasteiger partial charge on any atom is -0.374 e. The first-order valence-electron chi connectivity index (χ1n) is 5.88. The molecule has 0 aliphatic heterocycles. The van der Waals surface area contributed by atoms with Crippen LogP contribution in [0.15, 0.2) is 35.1 Å². The van der Waals surface area contributed by atoms with E-state index >= 15 is 0 Å². The van der Waals surface area contributed by atoms with Gasteiger partial charge in [0.1, 0.15) is 12.4 Å². The summed E-state index contributed by atoms with van der Waals surface area (Å²) in [5, 5.41) is 4.36. The number of benzene rings is 1. The van der Waals surface area contributed by atoms with Crippen molar-refractivity contribution in [2.24, 2.45) is 0 Å². The first kappa shape index (κ1) is 13.5. The molecule has 0 saturated heterocycles. The number of pyridine rings is 1. The second kappa shape index (κ2) is 6.29. The summed E-state index contributed by atoms with van der Waals surface area (Å²) >= 11 is 0. The summed E-state index contributed by atoms with van der Waals surface area (Å²) in [5.74, 6) is 0.546. The highest BCUT2D eigenvalue weighted by molar-refractivity contribution is 5.83. The maximum atomic E-state index is 11.8. The number of halogens is 2. The molecule has 1 aromatic carbocycles. The first-order chi connectivity index (χ1) is 9.16. The molecule has 1 aromatic heterocycles. The standard InChI is InChI=1S/C13H14F2N2O2/c14-11(15)8-19-6-5-16-12-7-9-3-1-2-4-10(9)13(18)17-12/h1-4,7,11H,5-6,8H2,(H2,16,17,18). The monoisotopic (exact) mass is 268 g/mol. The quantitative estimate of drug-likeness (QED) is 0.790. The van der Waals surface area contributed by atoms with Crippen molar-refractivity contribution in [1.82, 2.24) is 4.98 Å². The number of alkyl halides is 2. The molecular formula is C13H14F2N2O2. The van der Waals surface area contributed by atoms with Gasteiger partial charge in [0, 0.05) is 11.9 Å². The third kappa shape index (κ3) is 3.75. The Kier molecular flexibility index (Phi) is 4.46. The van der Waals surface area contributed by atoms with Gasteiger partial charge in [-0.05, 0) is 17.5 Å². The lowest BCUT2D eigenvalue weighted by Gasteiger charge is -2.08.